The Morgan fingerprint density at radius 2 is 1.85 bits per heavy atom. The fourth-order valence-electron chi connectivity index (χ4n) is 3.03. The number of carbonyl (C=O) groups excluding carboxylic acids is 2. The largest absolute Gasteiger partial charge is 0.461 e. The maximum absolute atomic E-state index is 12.8. The molecule has 0 atom stereocenters. The third kappa shape index (κ3) is 4.79. The molecule has 0 fully saturated rings. The number of fused-ring (bicyclic) bond motifs is 1. The standard InChI is InChI=1S/C23H22N6O4/c1-5-29(4)23(31)17-10-27-21(12-25-17)33-19-8-15(7-18-16(19)6-14(3)32-18)22(30)28-20-11-24-13(2)9-26-20/h6-12H,5H2,1-4H3,(H,26,28,30). The van der Waals surface area contributed by atoms with Gasteiger partial charge in [-0.3, -0.25) is 14.6 Å². The van der Waals surface area contributed by atoms with Gasteiger partial charge >= 0.3 is 0 Å². The van der Waals surface area contributed by atoms with Gasteiger partial charge in [0.25, 0.3) is 11.8 Å². The molecule has 0 aliphatic rings. The number of anilines is 1. The molecule has 0 saturated carbocycles. The van der Waals surface area contributed by atoms with Crippen molar-refractivity contribution in [1.82, 2.24) is 24.8 Å². The Labute approximate surface area is 189 Å². The van der Waals surface area contributed by atoms with E-state index in [4.69, 9.17) is 9.15 Å². The van der Waals surface area contributed by atoms with Crippen LogP contribution in [-0.2, 0) is 0 Å². The lowest BCUT2D eigenvalue weighted by Crippen LogP contribution is -2.27. The topological polar surface area (TPSA) is 123 Å². The predicted molar refractivity (Wildman–Crippen MR) is 120 cm³/mol. The summed E-state index contributed by atoms with van der Waals surface area (Å²) < 4.78 is 11.6. The molecule has 3 heterocycles. The Morgan fingerprint density at radius 1 is 1.03 bits per heavy atom. The minimum absolute atomic E-state index is 0.174. The van der Waals surface area contributed by atoms with E-state index < -0.39 is 5.91 Å². The number of hydrogen-bond acceptors (Lipinski definition) is 8. The summed E-state index contributed by atoms with van der Waals surface area (Å²) >= 11 is 0. The normalized spacial score (nSPS) is 10.8. The number of nitrogens with zero attached hydrogens (tertiary/aromatic N) is 5. The lowest BCUT2D eigenvalue weighted by molar-refractivity contribution is 0.0796. The number of carbonyl (C=O) groups is 2. The van der Waals surface area contributed by atoms with Gasteiger partial charge in [0.2, 0.25) is 5.88 Å². The van der Waals surface area contributed by atoms with E-state index in [0.717, 1.165) is 5.69 Å². The van der Waals surface area contributed by atoms with Crippen LogP contribution in [0.5, 0.6) is 11.6 Å². The predicted octanol–water partition coefficient (Wildman–Crippen LogP) is 3.77. The second kappa shape index (κ2) is 9.03. The first-order chi connectivity index (χ1) is 15.8. The zero-order valence-electron chi connectivity index (χ0n) is 18.6. The van der Waals surface area contributed by atoms with E-state index in [1.807, 2.05) is 13.8 Å². The Hall–Kier alpha value is -4.34. The zero-order chi connectivity index (χ0) is 23.5. The molecule has 1 N–H and O–H groups in total. The Bertz CT molecular complexity index is 1320. The minimum atomic E-state index is -0.399. The van der Waals surface area contributed by atoms with Gasteiger partial charge in [0.05, 0.1) is 35.9 Å². The van der Waals surface area contributed by atoms with Crippen molar-refractivity contribution in [3.8, 4) is 11.6 Å². The first kappa shape index (κ1) is 21.9. The lowest BCUT2D eigenvalue weighted by atomic mass is 10.1. The Kier molecular flexibility index (Phi) is 5.99. The number of aromatic nitrogens is 4. The van der Waals surface area contributed by atoms with Crippen LogP contribution >= 0.6 is 0 Å². The lowest BCUT2D eigenvalue weighted by Gasteiger charge is -2.13. The van der Waals surface area contributed by atoms with Gasteiger partial charge in [-0.2, -0.15) is 0 Å². The zero-order valence-corrected chi connectivity index (χ0v) is 18.6. The number of nitrogens with one attached hydrogen (secondary N) is 1. The van der Waals surface area contributed by atoms with Crippen molar-refractivity contribution in [3.05, 3.63) is 65.7 Å². The summed E-state index contributed by atoms with van der Waals surface area (Å²) in [6, 6.07) is 5.01. The maximum atomic E-state index is 12.8. The van der Waals surface area contributed by atoms with Gasteiger partial charge in [-0.15, -0.1) is 0 Å². The van der Waals surface area contributed by atoms with Gasteiger partial charge in [-0.05, 0) is 39.0 Å². The highest BCUT2D eigenvalue weighted by Crippen LogP contribution is 2.33. The van der Waals surface area contributed by atoms with Crippen LogP contribution < -0.4 is 10.1 Å². The third-order valence-electron chi connectivity index (χ3n) is 4.89. The van der Waals surface area contributed by atoms with Crippen molar-refractivity contribution >= 4 is 28.6 Å². The summed E-state index contributed by atoms with van der Waals surface area (Å²) in [6.45, 7) is 6.04. The molecule has 0 unspecified atom stereocenters. The van der Waals surface area contributed by atoms with Crippen molar-refractivity contribution in [2.45, 2.75) is 20.8 Å². The maximum Gasteiger partial charge on any atom is 0.273 e. The van der Waals surface area contributed by atoms with Crippen LogP contribution in [-0.4, -0.2) is 50.2 Å². The summed E-state index contributed by atoms with van der Waals surface area (Å²) in [5, 5.41) is 3.38. The van der Waals surface area contributed by atoms with Crippen LogP contribution in [0.25, 0.3) is 11.0 Å². The fourth-order valence-corrected chi connectivity index (χ4v) is 3.03. The summed E-state index contributed by atoms with van der Waals surface area (Å²) in [5.41, 5.74) is 1.74. The summed E-state index contributed by atoms with van der Waals surface area (Å²) in [7, 11) is 1.69. The van der Waals surface area contributed by atoms with Crippen molar-refractivity contribution in [2.24, 2.45) is 0 Å². The fraction of sp³-hybridized carbons (Fsp3) is 0.217. The highest BCUT2D eigenvalue weighted by molar-refractivity contribution is 6.06. The number of furan rings is 1. The van der Waals surface area contributed by atoms with Gasteiger partial charge in [-0.1, -0.05) is 0 Å². The molecule has 3 aromatic heterocycles. The number of hydrogen-bond donors (Lipinski definition) is 1. The molecule has 10 nitrogen and oxygen atoms in total. The number of ether oxygens (including phenoxy) is 1. The molecule has 0 bridgehead atoms. The van der Waals surface area contributed by atoms with E-state index in [9.17, 15) is 9.59 Å². The van der Waals surface area contributed by atoms with Crippen LogP contribution in [0.2, 0.25) is 0 Å². The molecule has 0 radical (unpaired) electrons. The Balaban J connectivity index is 1.62. The van der Waals surface area contributed by atoms with E-state index in [1.165, 1.54) is 23.5 Å². The van der Waals surface area contributed by atoms with E-state index in [1.54, 1.807) is 38.4 Å². The molecule has 10 heteroatoms. The van der Waals surface area contributed by atoms with Crippen LogP contribution in [0, 0.1) is 13.8 Å². The van der Waals surface area contributed by atoms with E-state index >= 15 is 0 Å². The van der Waals surface area contributed by atoms with Crippen LogP contribution in [0.3, 0.4) is 0 Å². The molecule has 2 amide bonds. The molecule has 4 aromatic rings. The van der Waals surface area contributed by atoms with Gasteiger partial charge < -0.3 is 19.4 Å². The molecule has 0 aliphatic heterocycles. The molecule has 0 spiro atoms. The van der Waals surface area contributed by atoms with Crippen LogP contribution in [0.4, 0.5) is 5.82 Å². The SMILES string of the molecule is CCN(C)C(=O)c1cnc(Oc2cc(C(=O)Nc3cnc(C)cn3)cc3oc(C)cc23)cn1. The Morgan fingerprint density at radius 3 is 2.52 bits per heavy atom. The van der Waals surface area contributed by atoms with Crippen LogP contribution in [0.1, 0.15) is 39.2 Å². The molecular formula is C23H22N6O4. The van der Waals surface area contributed by atoms with Crippen molar-refractivity contribution in [2.75, 3.05) is 18.9 Å². The molecule has 1 aromatic carbocycles. The van der Waals surface area contributed by atoms with Crippen molar-refractivity contribution in [3.63, 3.8) is 0 Å². The smallest absolute Gasteiger partial charge is 0.273 e. The van der Waals surface area contributed by atoms with Gasteiger partial charge in [0.1, 0.15) is 22.8 Å². The number of amides is 2. The first-order valence-electron chi connectivity index (χ1n) is 10.2. The monoisotopic (exact) mass is 446 g/mol. The molecule has 168 valence electrons. The molecule has 4 rings (SSSR count). The summed E-state index contributed by atoms with van der Waals surface area (Å²) in [5.74, 6) is 0.889. The molecule has 33 heavy (non-hydrogen) atoms. The second-order valence-electron chi connectivity index (χ2n) is 7.40. The second-order valence-corrected chi connectivity index (χ2v) is 7.40. The third-order valence-corrected chi connectivity index (χ3v) is 4.89. The summed E-state index contributed by atoms with van der Waals surface area (Å²) in [4.78, 5) is 43.2. The summed E-state index contributed by atoms with van der Waals surface area (Å²) in [6.07, 6.45) is 5.77. The minimum Gasteiger partial charge on any atom is -0.461 e. The first-order valence-corrected chi connectivity index (χ1v) is 10.2. The van der Waals surface area contributed by atoms with E-state index in [0.29, 0.717) is 40.4 Å². The van der Waals surface area contributed by atoms with Gasteiger partial charge in [0, 0.05) is 19.2 Å². The van der Waals surface area contributed by atoms with Gasteiger partial charge in [-0.25, -0.2) is 15.0 Å². The highest BCUT2D eigenvalue weighted by Gasteiger charge is 2.17. The molecule has 0 saturated heterocycles. The van der Waals surface area contributed by atoms with Gasteiger partial charge in [0.15, 0.2) is 5.82 Å². The average molecular weight is 446 g/mol. The molecule has 0 aliphatic carbocycles. The number of rotatable bonds is 6. The van der Waals surface area contributed by atoms with Crippen LogP contribution in [0.15, 0.2) is 47.4 Å². The quantitative estimate of drug-likeness (QED) is 0.475. The van der Waals surface area contributed by atoms with E-state index in [-0.39, 0.29) is 17.5 Å². The number of benzene rings is 1. The highest BCUT2D eigenvalue weighted by atomic mass is 16.5. The van der Waals surface area contributed by atoms with E-state index in [2.05, 4.69) is 25.3 Å². The molecular weight excluding hydrogens is 424 g/mol. The van der Waals surface area contributed by atoms with Crippen molar-refractivity contribution < 1.29 is 18.7 Å². The number of aryl methyl sites for hydroxylation is 2. The average Bonchev–Trinajstić information content (AvgIpc) is 3.20. The van der Waals surface area contributed by atoms with Crippen molar-refractivity contribution in [1.29, 1.82) is 0 Å².